The highest BCUT2D eigenvalue weighted by Crippen LogP contribution is 2.17. The van der Waals surface area contributed by atoms with Crippen LogP contribution in [0, 0.1) is 5.92 Å². The number of piperidine rings is 2. The van der Waals surface area contributed by atoms with Crippen LogP contribution in [0.15, 0.2) is 0 Å². The van der Waals surface area contributed by atoms with Crippen molar-refractivity contribution in [1.29, 1.82) is 0 Å². The molecule has 1 unspecified atom stereocenters. The molecule has 0 spiro atoms. The summed E-state index contributed by atoms with van der Waals surface area (Å²) in [4.78, 5) is 2.43. The zero-order valence-electron chi connectivity index (χ0n) is 11.9. The molecule has 0 amide bonds. The molecule has 2 N–H and O–H groups in total. The topological polar surface area (TPSA) is 61.4 Å². The highest BCUT2D eigenvalue weighted by atomic mass is 32.2. The highest BCUT2D eigenvalue weighted by molar-refractivity contribution is 7.90. The molecule has 19 heavy (non-hydrogen) atoms. The Balaban J connectivity index is 1.75. The Labute approximate surface area is 117 Å². The first kappa shape index (κ1) is 15.2. The van der Waals surface area contributed by atoms with Crippen molar-refractivity contribution in [3.8, 4) is 0 Å². The molecule has 0 bridgehead atoms. The van der Waals surface area contributed by atoms with Crippen LogP contribution in [0.1, 0.15) is 32.6 Å². The van der Waals surface area contributed by atoms with Gasteiger partial charge in [-0.15, -0.1) is 0 Å². The van der Waals surface area contributed by atoms with Gasteiger partial charge in [0.25, 0.3) is 0 Å². The normalized spacial score (nSPS) is 27.5. The molecular formula is C13H27N3O2S. The Hall–Kier alpha value is -0.170. The smallest absolute Gasteiger partial charge is 0.215 e. The zero-order chi connectivity index (χ0) is 13.7. The molecule has 0 aromatic rings. The van der Waals surface area contributed by atoms with Crippen LogP contribution >= 0.6 is 0 Å². The quantitative estimate of drug-likeness (QED) is 0.769. The monoisotopic (exact) mass is 289 g/mol. The van der Waals surface area contributed by atoms with Crippen LogP contribution in [-0.2, 0) is 10.0 Å². The van der Waals surface area contributed by atoms with Crippen LogP contribution in [0.4, 0.5) is 0 Å². The largest absolute Gasteiger partial charge is 0.315 e. The van der Waals surface area contributed by atoms with Gasteiger partial charge in [0.1, 0.15) is 0 Å². The molecule has 2 rings (SSSR count). The lowest BCUT2D eigenvalue weighted by molar-refractivity contribution is 0.193. The van der Waals surface area contributed by atoms with Gasteiger partial charge >= 0.3 is 0 Å². The van der Waals surface area contributed by atoms with Gasteiger partial charge in [0.15, 0.2) is 0 Å². The minimum absolute atomic E-state index is 0.239. The van der Waals surface area contributed by atoms with Gasteiger partial charge in [-0.25, -0.2) is 13.1 Å². The lowest BCUT2D eigenvalue weighted by Crippen LogP contribution is -2.46. The van der Waals surface area contributed by atoms with E-state index in [9.17, 15) is 8.42 Å². The van der Waals surface area contributed by atoms with Gasteiger partial charge < -0.3 is 10.2 Å². The highest BCUT2D eigenvalue weighted by Gasteiger charge is 2.28. The predicted octanol–water partition coefficient (Wildman–Crippen LogP) is 0.390. The minimum atomic E-state index is -3.13. The third-order valence-corrected chi connectivity index (χ3v) is 6.27. The Morgan fingerprint density at radius 1 is 1.26 bits per heavy atom. The van der Waals surface area contributed by atoms with E-state index in [1.165, 1.54) is 0 Å². The molecule has 2 aliphatic rings. The summed E-state index contributed by atoms with van der Waals surface area (Å²) in [5.74, 6) is 0.508. The summed E-state index contributed by atoms with van der Waals surface area (Å²) in [7, 11) is -3.13. The van der Waals surface area contributed by atoms with Crippen molar-refractivity contribution >= 4 is 10.0 Å². The van der Waals surface area contributed by atoms with Gasteiger partial charge in [-0.05, 0) is 57.8 Å². The van der Waals surface area contributed by atoms with E-state index in [-0.39, 0.29) is 5.25 Å². The van der Waals surface area contributed by atoms with Crippen LogP contribution in [0.5, 0.6) is 0 Å². The third-order valence-electron chi connectivity index (χ3n) is 4.42. The van der Waals surface area contributed by atoms with Gasteiger partial charge in [-0.1, -0.05) is 6.92 Å². The van der Waals surface area contributed by atoms with Crippen molar-refractivity contribution in [1.82, 2.24) is 14.9 Å². The molecule has 5 nitrogen and oxygen atoms in total. The van der Waals surface area contributed by atoms with Gasteiger partial charge in [0.2, 0.25) is 10.0 Å². The van der Waals surface area contributed by atoms with Gasteiger partial charge in [-0.3, -0.25) is 0 Å². The maximum absolute atomic E-state index is 12.2. The fourth-order valence-corrected chi connectivity index (χ4v) is 4.46. The molecule has 2 saturated heterocycles. The maximum atomic E-state index is 12.2. The van der Waals surface area contributed by atoms with Crippen molar-refractivity contribution < 1.29 is 8.42 Å². The molecule has 2 fully saturated rings. The Bertz CT molecular complexity index is 358. The molecule has 2 heterocycles. The second-order valence-corrected chi connectivity index (χ2v) is 7.78. The number of hydrogen-bond acceptors (Lipinski definition) is 4. The number of rotatable bonds is 5. The average molecular weight is 289 g/mol. The molecule has 0 saturated carbocycles. The summed E-state index contributed by atoms with van der Waals surface area (Å²) >= 11 is 0. The van der Waals surface area contributed by atoms with Crippen LogP contribution < -0.4 is 10.0 Å². The molecule has 6 heteroatoms. The van der Waals surface area contributed by atoms with Crippen molar-refractivity contribution in [3.63, 3.8) is 0 Å². The van der Waals surface area contributed by atoms with E-state index in [1.54, 1.807) is 0 Å². The number of nitrogens with zero attached hydrogens (tertiary/aromatic N) is 1. The molecule has 112 valence electrons. The fourth-order valence-electron chi connectivity index (χ4n) is 2.94. The first-order valence-corrected chi connectivity index (χ1v) is 9.08. The number of sulfonamides is 1. The zero-order valence-corrected chi connectivity index (χ0v) is 12.7. The fraction of sp³-hybridized carbons (Fsp3) is 1.00. The van der Waals surface area contributed by atoms with E-state index in [2.05, 4.69) is 21.9 Å². The van der Waals surface area contributed by atoms with E-state index >= 15 is 0 Å². The van der Waals surface area contributed by atoms with Gasteiger partial charge in [0, 0.05) is 13.1 Å². The van der Waals surface area contributed by atoms with E-state index in [4.69, 9.17) is 0 Å². The van der Waals surface area contributed by atoms with Crippen LogP contribution in [0.25, 0.3) is 0 Å². The molecule has 1 atom stereocenters. The summed E-state index contributed by atoms with van der Waals surface area (Å²) in [6, 6.07) is 0. The second-order valence-electron chi connectivity index (χ2n) is 5.74. The number of hydrogen-bond donors (Lipinski definition) is 2. The van der Waals surface area contributed by atoms with E-state index in [0.717, 1.165) is 51.9 Å². The molecule has 0 aromatic carbocycles. The first-order chi connectivity index (χ1) is 9.12. The Morgan fingerprint density at radius 2 is 2.00 bits per heavy atom. The predicted molar refractivity (Wildman–Crippen MR) is 77.7 cm³/mol. The first-order valence-electron chi connectivity index (χ1n) is 7.53. The number of nitrogens with one attached hydrogen (secondary N) is 2. The minimum Gasteiger partial charge on any atom is -0.315 e. The summed E-state index contributed by atoms with van der Waals surface area (Å²) in [5, 5.41) is 2.93. The van der Waals surface area contributed by atoms with Gasteiger partial charge in [-0.2, -0.15) is 0 Å². The third kappa shape index (κ3) is 4.41. The lowest BCUT2D eigenvalue weighted by Gasteiger charge is -2.31. The lowest BCUT2D eigenvalue weighted by atomic mass is 9.97. The summed E-state index contributed by atoms with van der Waals surface area (Å²) in [6.45, 7) is 7.66. The molecular weight excluding hydrogens is 262 g/mol. The average Bonchev–Trinajstić information content (AvgIpc) is 2.47. The molecule has 0 radical (unpaired) electrons. The van der Waals surface area contributed by atoms with E-state index in [1.807, 2.05) is 0 Å². The van der Waals surface area contributed by atoms with E-state index in [0.29, 0.717) is 19.0 Å². The second kappa shape index (κ2) is 7.02. The van der Waals surface area contributed by atoms with Gasteiger partial charge in [0.05, 0.1) is 5.25 Å². The molecule has 0 aromatic heterocycles. The molecule has 0 aliphatic carbocycles. The van der Waals surface area contributed by atoms with E-state index < -0.39 is 10.0 Å². The summed E-state index contributed by atoms with van der Waals surface area (Å²) in [6.07, 6.45) is 3.97. The van der Waals surface area contributed by atoms with Crippen molar-refractivity contribution in [2.45, 2.75) is 37.9 Å². The summed E-state index contributed by atoms with van der Waals surface area (Å²) < 4.78 is 27.2. The SMILES string of the molecule is CCN1CCC(CNS(=O)(=O)C2CCCNC2)CC1. The Kier molecular flexibility index (Phi) is 5.62. The van der Waals surface area contributed by atoms with Crippen molar-refractivity contribution in [2.24, 2.45) is 5.92 Å². The van der Waals surface area contributed by atoms with Crippen LogP contribution in [0.2, 0.25) is 0 Å². The maximum Gasteiger partial charge on any atom is 0.215 e. The van der Waals surface area contributed by atoms with Crippen LogP contribution in [0.3, 0.4) is 0 Å². The standard InChI is InChI=1S/C13H27N3O2S/c1-2-16-8-5-12(6-9-16)10-15-19(17,18)13-4-3-7-14-11-13/h12-15H,2-11H2,1H3. The van der Waals surface area contributed by atoms with Crippen molar-refractivity contribution in [3.05, 3.63) is 0 Å². The van der Waals surface area contributed by atoms with Crippen LogP contribution in [-0.4, -0.2) is 57.8 Å². The van der Waals surface area contributed by atoms with Crippen molar-refractivity contribution in [2.75, 3.05) is 39.3 Å². The summed E-state index contributed by atoms with van der Waals surface area (Å²) in [5.41, 5.74) is 0. The Morgan fingerprint density at radius 3 is 2.58 bits per heavy atom. The molecule has 2 aliphatic heterocycles. The number of likely N-dealkylation sites (tertiary alicyclic amines) is 1.